The highest BCUT2D eigenvalue weighted by atomic mass is 35.5. The molecule has 7 nitrogen and oxygen atoms in total. The number of likely N-dealkylation sites (tertiary alicyclic amines) is 1. The minimum absolute atomic E-state index is 0.108. The number of carbonyl (C=O) groups excluding carboxylic acids is 2. The minimum atomic E-state index is -0.167. The Labute approximate surface area is 157 Å². The number of anilines is 1. The van der Waals surface area contributed by atoms with Crippen LogP contribution >= 0.6 is 23.2 Å². The van der Waals surface area contributed by atoms with Crippen LogP contribution in [-0.4, -0.2) is 54.7 Å². The molecule has 1 aliphatic rings. The summed E-state index contributed by atoms with van der Waals surface area (Å²) >= 11 is 11.8. The first kappa shape index (κ1) is 19.6. The maximum Gasteiger partial charge on any atom is 0.317 e. The van der Waals surface area contributed by atoms with Crippen molar-refractivity contribution < 1.29 is 14.3 Å². The summed E-state index contributed by atoms with van der Waals surface area (Å²) in [4.78, 5) is 29.6. The highest BCUT2D eigenvalue weighted by Crippen LogP contribution is 2.22. The van der Waals surface area contributed by atoms with Crippen LogP contribution in [0.4, 0.5) is 10.6 Å². The molecule has 1 aromatic heterocycles. The number of hydrogen-bond acceptors (Lipinski definition) is 5. The van der Waals surface area contributed by atoms with Crippen LogP contribution in [0.25, 0.3) is 0 Å². The molecular formula is C16H22Cl2N4O3. The Morgan fingerprint density at radius 1 is 1.32 bits per heavy atom. The maximum atomic E-state index is 12.1. The zero-order valence-electron chi connectivity index (χ0n) is 14.1. The van der Waals surface area contributed by atoms with Crippen molar-refractivity contribution in [3.05, 3.63) is 22.3 Å². The van der Waals surface area contributed by atoms with Crippen molar-refractivity contribution in [2.75, 3.05) is 38.1 Å². The van der Waals surface area contributed by atoms with E-state index < -0.39 is 0 Å². The Bertz CT molecular complexity index is 607. The average molecular weight is 389 g/mol. The highest BCUT2D eigenvalue weighted by Gasteiger charge is 2.27. The van der Waals surface area contributed by atoms with E-state index in [9.17, 15) is 9.59 Å². The van der Waals surface area contributed by atoms with E-state index >= 15 is 0 Å². The van der Waals surface area contributed by atoms with Gasteiger partial charge in [-0.2, -0.15) is 0 Å². The Balaban J connectivity index is 1.67. The number of aromatic nitrogens is 1. The van der Waals surface area contributed by atoms with E-state index in [0.29, 0.717) is 61.5 Å². The maximum absolute atomic E-state index is 12.1. The number of ether oxygens (including phenoxy) is 1. The number of halogens is 2. The molecular weight excluding hydrogens is 367 g/mol. The van der Waals surface area contributed by atoms with Gasteiger partial charge in [0.2, 0.25) is 0 Å². The van der Waals surface area contributed by atoms with Gasteiger partial charge in [0.15, 0.2) is 0 Å². The molecule has 2 amide bonds. The summed E-state index contributed by atoms with van der Waals surface area (Å²) in [7, 11) is 0. The van der Waals surface area contributed by atoms with Gasteiger partial charge in [-0.1, -0.05) is 23.2 Å². The lowest BCUT2D eigenvalue weighted by atomic mass is 9.97. The molecule has 0 spiro atoms. The van der Waals surface area contributed by atoms with Gasteiger partial charge in [0.1, 0.15) is 5.82 Å². The molecule has 0 aliphatic carbocycles. The first-order chi connectivity index (χ1) is 12.0. The van der Waals surface area contributed by atoms with Crippen molar-refractivity contribution in [1.82, 2.24) is 15.2 Å². The van der Waals surface area contributed by atoms with Gasteiger partial charge in [-0.3, -0.25) is 4.79 Å². The van der Waals surface area contributed by atoms with Crippen molar-refractivity contribution >= 4 is 41.0 Å². The van der Waals surface area contributed by atoms with Gasteiger partial charge in [0.05, 0.1) is 22.6 Å². The van der Waals surface area contributed by atoms with E-state index in [2.05, 4.69) is 15.6 Å². The normalized spacial score (nSPS) is 14.9. The molecule has 0 unspecified atom stereocenters. The molecule has 0 atom stereocenters. The molecule has 25 heavy (non-hydrogen) atoms. The van der Waals surface area contributed by atoms with Gasteiger partial charge in [-0.25, -0.2) is 9.78 Å². The quantitative estimate of drug-likeness (QED) is 0.578. The smallest absolute Gasteiger partial charge is 0.317 e. The molecule has 2 heterocycles. The monoisotopic (exact) mass is 388 g/mol. The molecule has 2 N–H and O–H groups in total. The minimum Gasteiger partial charge on any atom is -0.466 e. The first-order valence-corrected chi connectivity index (χ1v) is 9.01. The Hall–Kier alpha value is -1.73. The predicted molar refractivity (Wildman–Crippen MR) is 97.1 cm³/mol. The Morgan fingerprint density at radius 3 is 2.68 bits per heavy atom. The fourth-order valence-electron chi connectivity index (χ4n) is 2.59. The van der Waals surface area contributed by atoms with Crippen LogP contribution in [0.5, 0.6) is 0 Å². The van der Waals surface area contributed by atoms with Crippen LogP contribution < -0.4 is 10.6 Å². The lowest BCUT2D eigenvalue weighted by Gasteiger charge is -2.30. The zero-order valence-corrected chi connectivity index (χ0v) is 15.6. The number of carbonyl (C=O) groups is 2. The second-order valence-corrected chi connectivity index (χ2v) is 6.50. The first-order valence-electron chi connectivity index (χ1n) is 8.25. The third kappa shape index (κ3) is 5.93. The predicted octanol–water partition coefficient (Wildman–Crippen LogP) is 2.79. The number of nitrogens with zero attached hydrogens (tertiary/aromatic N) is 2. The number of nitrogens with one attached hydrogen (secondary N) is 2. The van der Waals surface area contributed by atoms with E-state index in [1.54, 1.807) is 17.9 Å². The molecule has 0 aromatic carbocycles. The van der Waals surface area contributed by atoms with Crippen molar-refractivity contribution in [1.29, 1.82) is 0 Å². The van der Waals surface area contributed by atoms with Crippen LogP contribution in [0.1, 0.15) is 19.8 Å². The van der Waals surface area contributed by atoms with Crippen molar-refractivity contribution in [3.8, 4) is 0 Å². The number of hydrogen-bond donors (Lipinski definition) is 2. The molecule has 2 rings (SSSR count). The summed E-state index contributed by atoms with van der Waals surface area (Å²) in [6, 6.07) is 1.46. The molecule has 138 valence electrons. The fraction of sp³-hybridized carbons (Fsp3) is 0.562. The van der Waals surface area contributed by atoms with Gasteiger partial charge in [0.25, 0.3) is 0 Å². The SMILES string of the molecule is CCOC(=O)C1CCN(C(=O)NCCNc2ncc(Cl)cc2Cl)CC1. The highest BCUT2D eigenvalue weighted by molar-refractivity contribution is 6.35. The summed E-state index contributed by atoms with van der Waals surface area (Å²) in [5.74, 6) is 0.249. The second kappa shape index (κ2) is 9.68. The van der Waals surface area contributed by atoms with Crippen LogP contribution in [0, 0.1) is 5.92 Å². The fourth-order valence-corrected chi connectivity index (χ4v) is 3.03. The number of amides is 2. The Morgan fingerprint density at radius 2 is 2.04 bits per heavy atom. The van der Waals surface area contributed by atoms with Gasteiger partial charge >= 0.3 is 12.0 Å². The second-order valence-electron chi connectivity index (χ2n) is 5.66. The van der Waals surface area contributed by atoms with E-state index in [1.807, 2.05) is 0 Å². The Kier molecular flexibility index (Phi) is 7.58. The van der Waals surface area contributed by atoms with E-state index in [0.717, 1.165) is 0 Å². The van der Waals surface area contributed by atoms with E-state index in [-0.39, 0.29) is 17.9 Å². The topological polar surface area (TPSA) is 83.6 Å². The van der Waals surface area contributed by atoms with Gasteiger partial charge in [-0.05, 0) is 25.8 Å². The summed E-state index contributed by atoms with van der Waals surface area (Å²) < 4.78 is 5.02. The number of rotatable bonds is 6. The molecule has 1 saturated heterocycles. The average Bonchev–Trinajstić information content (AvgIpc) is 2.60. The van der Waals surface area contributed by atoms with E-state index in [4.69, 9.17) is 27.9 Å². The van der Waals surface area contributed by atoms with Crippen molar-refractivity contribution in [3.63, 3.8) is 0 Å². The summed E-state index contributed by atoms with van der Waals surface area (Å²) in [6.07, 6.45) is 2.77. The molecule has 1 aromatic rings. The van der Waals surface area contributed by atoms with Gasteiger partial charge < -0.3 is 20.3 Å². The summed E-state index contributed by atoms with van der Waals surface area (Å²) in [6.45, 7) is 4.19. The lowest BCUT2D eigenvalue weighted by Crippen LogP contribution is -2.46. The van der Waals surface area contributed by atoms with Crippen LogP contribution in [-0.2, 0) is 9.53 Å². The lowest BCUT2D eigenvalue weighted by molar-refractivity contribution is -0.149. The van der Waals surface area contributed by atoms with E-state index in [1.165, 1.54) is 6.20 Å². The molecule has 0 saturated carbocycles. The van der Waals surface area contributed by atoms with Crippen LogP contribution in [0.3, 0.4) is 0 Å². The number of urea groups is 1. The zero-order chi connectivity index (χ0) is 18.2. The molecule has 1 fully saturated rings. The largest absolute Gasteiger partial charge is 0.466 e. The van der Waals surface area contributed by atoms with Crippen LogP contribution in [0.15, 0.2) is 12.3 Å². The summed E-state index contributed by atoms with van der Waals surface area (Å²) in [5, 5.41) is 6.77. The molecule has 0 bridgehead atoms. The number of piperidine rings is 1. The number of esters is 1. The van der Waals surface area contributed by atoms with Gasteiger partial charge in [-0.15, -0.1) is 0 Å². The standard InChI is InChI=1S/C16H22Cl2N4O3/c1-2-25-15(23)11-3-7-22(8-4-11)16(24)20-6-5-19-14-13(18)9-12(17)10-21-14/h9-11H,2-8H2,1H3,(H,19,21)(H,20,24). The van der Waals surface area contributed by atoms with Crippen LogP contribution in [0.2, 0.25) is 10.0 Å². The molecule has 9 heteroatoms. The van der Waals surface area contributed by atoms with Crippen molar-refractivity contribution in [2.24, 2.45) is 5.92 Å². The third-order valence-electron chi connectivity index (χ3n) is 3.90. The molecule has 0 radical (unpaired) electrons. The molecule has 1 aliphatic heterocycles. The van der Waals surface area contributed by atoms with Crippen molar-refractivity contribution in [2.45, 2.75) is 19.8 Å². The summed E-state index contributed by atoms with van der Waals surface area (Å²) in [5.41, 5.74) is 0. The van der Waals surface area contributed by atoms with Gasteiger partial charge in [0, 0.05) is 32.4 Å². The third-order valence-corrected chi connectivity index (χ3v) is 4.40. The number of pyridine rings is 1.